The maximum Gasteiger partial charge on any atom is 0.292 e. The van der Waals surface area contributed by atoms with E-state index >= 15 is 0 Å². The van der Waals surface area contributed by atoms with Crippen LogP contribution in [0.4, 0.5) is 0 Å². The van der Waals surface area contributed by atoms with Gasteiger partial charge in [0.25, 0.3) is 6.47 Å². The minimum absolute atomic E-state index is 0.149. The molecule has 5 nitrogen and oxygen atoms in total. The van der Waals surface area contributed by atoms with Gasteiger partial charge in [-0.25, -0.2) is 0 Å². The lowest BCUT2D eigenvalue weighted by Gasteiger charge is -2.18. The SMILES string of the molecule is CC.COC=O.COc1ccc2c(c1)CN(C(C)=O)CCC2. The number of hydrogen-bond donors (Lipinski definition) is 0. The van der Waals surface area contributed by atoms with E-state index in [0.717, 1.165) is 25.1 Å². The van der Waals surface area contributed by atoms with Crippen LogP contribution in [0.25, 0.3) is 0 Å². The number of aryl methyl sites for hydroxylation is 1. The highest BCUT2D eigenvalue weighted by atomic mass is 16.5. The molecule has 0 spiro atoms. The molecular weight excluding hydrogens is 282 g/mol. The molecule has 22 heavy (non-hydrogen) atoms. The van der Waals surface area contributed by atoms with Gasteiger partial charge in [-0.05, 0) is 36.1 Å². The van der Waals surface area contributed by atoms with Crippen LogP contribution in [0.2, 0.25) is 0 Å². The Hall–Kier alpha value is -2.04. The fourth-order valence-corrected chi connectivity index (χ4v) is 2.13. The average molecular weight is 309 g/mol. The highest BCUT2D eigenvalue weighted by Gasteiger charge is 2.16. The van der Waals surface area contributed by atoms with Crippen LogP contribution in [0.1, 0.15) is 38.3 Å². The number of ether oxygens (including phenoxy) is 2. The second-order valence-electron chi connectivity index (χ2n) is 4.51. The number of nitrogens with zero attached hydrogens (tertiary/aromatic N) is 1. The van der Waals surface area contributed by atoms with Crippen molar-refractivity contribution < 1.29 is 19.1 Å². The number of methoxy groups -OCH3 is 2. The van der Waals surface area contributed by atoms with E-state index in [4.69, 9.17) is 9.53 Å². The number of hydrogen-bond acceptors (Lipinski definition) is 4. The molecule has 1 aromatic carbocycles. The molecule has 0 aromatic heterocycles. The van der Waals surface area contributed by atoms with Gasteiger partial charge in [0.1, 0.15) is 5.75 Å². The zero-order chi connectivity index (χ0) is 17.0. The van der Waals surface area contributed by atoms with Crippen molar-refractivity contribution in [3.05, 3.63) is 29.3 Å². The Bertz CT molecular complexity index is 460. The Balaban J connectivity index is 0.000000640. The van der Waals surface area contributed by atoms with Crippen LogP contribution in [0.3, 0.4) is 0 Å². The van der Waals surface area contributed by atoms with Crippen molar-refractivity contribution >= 4 is 12.4 Å². The van der Waals surface area contributed by atoms with Crippen molar-refractivity contribution in [1.29, 1.82) is 0 Å². The molecule has 0 saturated heterocycles. The van der Waals surface area contributed by atoms with Crippen molar-refractivity contribution in [2.45, 2.75) is 40.2 Å². The minimum Gasteiger partial charge on any atom is -0.497 e. The Kier molecular flexibility index (Phi) is 10.5. The second kappa shape index (κ2) is 11.6. The number of benzene rings is 1. The summed E-state index contributed by atoms with van der Waals surface area (Å²) in [5.74, 6) is 1.01. The molecule has 2 rings (SSSR count). The van der Waals surface area contributed by atoms with E-state index < -0.39 is 0 Å². The highest BCUT2D eigenvalue weighted by Crippen LogP contribution is 2.23. The summed E-state index contributed by atoms with van der Waals surface area (Å²) in [4.78, 5) is 22.3. The molecule has 0 fully saturated rings. The molecule has 0 unspecified atom stereocenters. The molecule has 1 heterocycles. The third-order valence-corrected chi connectivity index (χ3v) is 3.19. The van der Waals surface area contributed by atoms with E-state index in [1.807, 2.05) is 30.9 Å². The maximum atomic E-state index is 11.4. The standard InChI is InChI=1S/C13H17NO2.C2H4O2.C2H6/c1-10(15)14-7-3-4-11-5-6-13(16-2)8-12(11)9-14;1-4-2-3;1-2/h5-6,8H,3-4,7,9H2,1-2H3;2H,1H3;1-2H3. The molecule has 0 radical (unpaired) electrons. The summed E-state index contributed by atoms with van der Waals surface area (Å²) in [5, 5.41) is 0. The van der Waals surface area contributed by atoms with Gasteiger partial charge in [0.2, 0.25) is 5.91 Å². The largest absolute Gasteiger partial charge is 0.497 e. The second-order valence-corrected chi connectivity index (χ2v) is 4.51. The first-order valence-corrected chi connectivity index (χ1v) is 7.50. The van der Waals surface area contributed by atoms with E-state index in [0.29, 0.717) is 13.0 Å². The number of carbonyl (C=O) groups is 2. The van der Waals surface area contributed by atoms with Crippen LogP contribution in [-0.4, -0.2) is 38.0 Å². The van der Waals surface area contributed by atoms with E-state index in [-0.39, 0.29) is 5.91 Å². The monoisotopic (exact) mass is 309 g/mol. The highest BCUT2D eigenvalue weighted by molar-refractivity contribution is 5.73. The van der Waals surface area contributed by atoms with Crippen LogP contribution in [0.15, 0.2) is 18.2 Å². The lowest BCUT2D eigenvalue weighted by molar-refractivity contribution is -0.129. The topological polar surface area (TPSA) is 55.8 Å². The number of rotatable bonds is 2. The first kappa shape index (κ1) is 20.0. The zero-order valence-electron chi connectivity index (χ0n) is 14.2. The van der Waals surface area contributed by atoms with Gasteiger partial charge in [0.15, 0.2) is 0 Å². The lowest BCUT2D eigenvalue weighted by Crippen LogP contribution is -2.28. The lowest BCUT2D eigenvalue weighted by atomic mass is 10.0. The maximum absolute atomic E-state index is 11.4. The van der Waals surface area contributed by atoms with E-state index in [2.05, 4.69) is 10.8 Å². The van der Waals surface area contributed by atoms with Gasteiger partial charge in [-0.2, -0.15) is 0 Å². The molecule has 1 aliphatic rings. The normalized spacial score (nSPS) is 12.3. The van der Waals surface area contributed by atoms with Gasteiger partial charge >= 0.3 is 0 Å². The number of fused-ring (bicyclic) bond motifs is 1. The Morgan fingerprint density at radius 2 is 1.86 bits per heavy atom. The molecule has 124 valence electrons. The molecular formula is C17H27NO4. The number of amides is 1. The Morgan fingerprint density at radius 1 is 1.23 bits per heavy atom. The van der Waals surface area contributed by atoms with Crippen LogP contribution >= 0.6 is 0 Å². The van der Waals surface area contributed by atoms with Crippen molar-refractivity contribution in [2.75, 3.05) is 20.8 Å². The van der Waals surface area contributed by atoms with Crippen molar-refractivity contribution in [3.63, 3.8) is 0 Å². The Labute approximate surface area is 133 Å². The predicted molar refractivity (Wildman–Crippen MR) is 86.8 cm³/mol. The molecule has 1 amide bonds. The van der Waals surface area contributed by atoms with Gasteiger partial charge in [-0.1, -0.05) is 19.9 Å². The summed E-state index contributed by atoms with van der Waals surface area (Å²) < 4.78 is 9.07. The smallest absolute Gasteiger partial charge is 0.292 e. The first-order valence-electron chi connectivity index (χ1n) is 7.50. The first-order chi connectivity index (χ1) is 10.6. The van der Waals surface area contributed by atoms with Crippen LogP contribution < -0.4 is 4.74 Å². The molecule has 5 heteroatoms. The molecule has 1 aromatic rings. The third-order valence-electron chi connectivity index (χ3n) is 3.19. The fourth-order valence-electron chi connectivity index (χ4n) is 2.13. The fraction of sp³-hybridized carbons (Fsp3) is 0.529. The van der Waals surface area contributed by atoms with Crippen molar-refractivity contribution in [2.24, 2.45) is 0 Å². The number of carbonyl (C=O) groups excluding carboxylic acids is 2. The van der Waals surface area contributed by atoms with E-state index in [1.165, 1.54) is 18.2 Å². The summed E-state index contributed by atoms with van der Waals surface area (Å²) in [7, 11) is 2.98. The average Bonchev–Trinajstić information content (AvgIpc) is 2.78. The predicted octanol–water partition coefficient (Wildman–Crippen LogP) is 2.81. The summed E-state index contributed by atoms with van der Waals surface area (Å²) in [6.07, 6.45) is 2.09. The van der Waals surface area contributed by atoms with Crippen LogP contribution in [0, 0.1) is 0 Å². The van der Waals surface area contributed by atoms with Gasteiger partial charge in [-0.3, -0.25) is 9.59 Å². The van der Waals surface area contributed by atoms with Crippen LogP contribution in [-0.2, 0) is 27.3 Å². The van der Waals surface area contributed by atoms with Gasteiger partial charge in [0, 0.05) is 20.0 Å². The van der Waals surface area contributed by atoms with Gasteiger partial charge in [0.05, 0.1) is 14.2 Å². The zero-order valence-corrected chi connectivity index (χ0v) is 14.2. The summed E-state index contributed by atoms with van der Waals surface area (Å²) in [6.45, 7) is 7.57. The molecule has 0 saturated carbocycles. The van der Waals surface area contributed by atoms with Crippen molar-refractivity contribution in [3.8, 4) is 5.75 Å². The Morgan fingerprint density at radius 3 is 2.36 bits per heavy atom. The third kappa shape index (κ3) is 6.61. The van der Waals surface area contributed by atoms with Crippen molar-refractivity contribution in [1.82, 2.24) is 4.90 Å². The summed E-state index contributed by atoms with van der Waals surface area (Å²) >= 11 is 0. The van der Waals surface area contributed by atoms with Gasteiger partial charge < -0.3 is 14.4 Å². The molecule has 0 bridgehead atoms. The van der Waals surface area contributed by atoms with Gasteiger partial charge in [-0.15, -0.1) is 0 Å². The summed E-state index contributed by atoms with van der Waals surface area (Å²) in [5.41, 5.74) is 2.55. The summed E-state index contributed by atoms with van der Waals surface area (Å²) in [6, 6.07) is 6.14. The van der Waals surface area contributed by atoms with Crippen LogP contribution in [0.5, 0.6) is 5.75 Å². The quantitative estimate of drug-likeness (QED) is 0.788. The molecule has 1 aliphatic heterocycles. The van der Waals surface area contributed by atoms with E-state index in [1.54, 1.807) is 14.0 Å². The molecule has 0 N–H and O–H groups in total. The van der Waals surface area contributed by atoms with E-state index in [9.17, 15) is 4.79 Å². The molecule has 0 aliphatic carbocycles. The molecule has 0 atom stereocenters. The minimum atomic E-state index is 0.149.